The van der Waals surface area contributed by atoms with Crippen LogP contribution >= 0.6 is 11.6 Å². The summed E-state index contributed by atoms with van der Waals surface area (Å²) in [6.45, 7) is 3.78. The highest BCUT2D eigenvalue weighted by Gasteiger charge is 2.16. The molecule has 0 aromatic heterocycles. The summed E-state index contributed by atoms with van der Waals surface area (Å²) in [5, 5.41) is 3.92. The first-order valence-corrected chi connectivity index (χ1v) is 6.82. The molecule has 0 heterocycles. The second-order valence-corrected chi connectivity index (χ2v) is 5.24. The van der Waals surface area contributed by atoms with Crippen molar-refractivity contribution >= 4 is 11.6 Å². The Labute approximate surface area is 122 Å². The van der Waals surface area contributed by atoms with Gasteiger partial charge in [-0.05, 0) is 37.6 Å². The molecule has 4 heteroatoms. The number of rotatable bonds is 4. The standard InChI is InChI=1S/C16H16ClF2N/c1-10(12-6-8-13(17)9-7-12)20-11(2)14-4-3-5-15(18)16(14)19/h3-11,20H,1-2H3/t10-,11?/m0/s1. The molecular formula is C16H16ClF2N. The van der Waals surface area contributed by atoms with Gasteiger partial charge in [-0.3, -0.25) is 0 Å². The van der Waals surface area contributed by atoms with E-state index in [0.29, 0.717) is 10.6 Å². The van der Waals surface area contributed by atoms with Crippen molar-refractivity contribution in [2.45, 2.75) is 25.9 Å². The summed E-state index contributed by atoms with van der Waals surface area (Å²) in [5.41, 5.74) is 1.36. The quantitative estimate of drug-likeness (QED) is 0.834. The van der Waals surface area contributed by atoms with Gasteiger partial charge in [0.2, 0.25) is 0 Å². The second-order valence-electron chi connectivity index (χ2n) is 4.80. The first-order valence-electron chi connectivity index (χ1n) is 6.44. The van der Waals surface area contributed by atoms with Crippen LogP contribution in [0.1, 0.15) is 37.1 Å². The minimum absolute atomic E-state index is 0.00457. The lowest BCUT2D eigenvalue weighted by molar-refractivity contribution is 0.449. The van der Waals surface area contributed by atoms with Crippen molar-refractivity contribution in [3.05, 3.63) is 70.2 Å². The van der Waals surface area contributed by atoms with Crippen LogP contribution in [0.4, 0.5) is 8.78 Å². The van der Waals surface area contributed by atoms with Crippen LogP contribution in [0.25, 0.3) is 0 Å². The molecule has 1 nitrogen and oxygen atoms in total. The van der Waals surface area contributed by atoms with Crippen molar-refractivity contribution < 1.29 is 8.78 Å². The van der Waals surface area contributed by atoms with E-state index in [9.17, 15) is 8.78 Å². The lowest BCUT2D eigenvalue weighted by Crippen LogP contribution is -2.23. The third kappa shape index (κ3) is 3.35. The average Bonchev–Trinajstić information content (AvgIpc) is 2.42. The largest absolute Gasteiger partial charge is 0.304 e. The van der Waals surface area contributed by atoms with E-state index in [4.69, 9.17) is 11.6 Å². The smallest absolute Gasteiger partial charge is 0.163 e. The molecule has 2 rings (SSSR count). The summed E-state index contributed by atoms with van der Waals surface area (Å²) < 4.78 is 27.0. The molecule has 2 atom stereocenters. The predicted octanol–water partition coefficient (Wildman–Crippen LogP) is 5.03. The lowest BCUT2D eigenvalue weighted by Gasteiger charge is -2.21. The van der Waals surface area contributed by atoms with Crippen molar-refractivity contribution in [2.75, 3.05) is 0 Å². The molecule has 0 aliphatic carbocycles. The van der Waals surface area contributed by atoms with E-state index in [1.807, 2.05) is 38.1 Å². The Morgan fingerprint density at radius 2 is 1.60 bits per heavy atom. The maximum Gasteiger partial charge on any atom is 0.163 e. The number of hydrogen-bond donors (Lipinski definition) is 1. The molecule has 1 unspecified atom stereocenters. The average molecular weight is 296 g/mol. The molecule has 1 N–H and O–H groups in total. The van der Waals surface area contributed by atoms with E-state index < -0.39 is 11.6 Å². The Morgan fingerprint density at radius 3 is 2.25 bits per heavy atom. The number of benzene rings is 2. The van der Waals surface area contributed by atoms with Crippen molar-refractivity contribution in [1.29, 1.82) is 0 Å². The van der Waals surface area contributed by atoms with E-state index >= 15 is 0 Å². The van der Waals surface area contributed by atoms with Gasteiger partial charge in [-0.1, -0.05) is 35.9 Å². The maximum atomic E-state index is 13.7. The summed E-state index contributed by atoms with van der Waals surface area (Å²) in [5.74, 6) is -1.62. The van der Waals surface area contributed by atoms with Crippen molar-refractivity contribution in [1.82, 2.24) is 5.32 Å². The Balaban J connectivity index is 2.13. The minimum atomic E-state index is -0.824. The summed E-state index contributed by atoms with van der Waals surface area (Å²) in [7, 11) is 0. The molecule has 0 bridgehead atoms. The molecule has 0 spiro atoms. The lowest BCUT2D eigenvalue weighted by atomic mass is 10.0. The molecule has 20 heavy (non-hydrogen) atoms. The van der Waals surface area contributed by atoms with Gasteiger partial charge in [0, 0.05) is 22.7 Å². The molecule has 0 amide bonds. The zero-order chi connectivity index (χ0) is 14.7. The molecule has 2 aromatic carbocycles. The van der Waals surface area contributed by atoms with Gasteiger partial charge < -0.3 is 5.32 Å². The van der Waals surface area contributed by atoms with Gasteiger partial charge in [0.05, 0.1) is 0 Å². The third-order valence-corrected chi connectivity index (χ3v) is 3.57. The van der Waals surface area contributed by atoms with Crippen molar-refractivity contribution in [3.8, 4) is 0 Å². The first-order chi connectivity index (χ1) is 9.49. The Morgan fingerprint density at radius 1 is 0.950 bits per heavy atom. The molecule has 0 saturated heterocycles. The fraction of sp³-hybridized carbons (Fsp3) is 0.250. The van der Waals surface area contributed by atoms with Crippen LogP contribution in [0, 0.1) is 11.6 Å². The maximum absolute atomic E-state index is 13.7. The van der Waals surface area contributed by atoms with Crippen LogP contribution in [-0.2, 0) is 0 Å². The van der Waals surface area contributed by atoms with Crippen LogP contribution in [0.2, 0.25) is 5.02 Å². The van der Waals surface area contributed by atoms with E-state index in [0.717, 1.165) is 11.6 Å². The SMILES string of the molecule is CC(N[C@@H](C)c1ccc(Cl)cc1)c1cccc(F)c1F. The summed E-state index contributed by atoms with van der Waals surface area (Å²) in [6, 6.07) is 11.4. The monoisotopic (exact) mass is 295 g/mol. The van der Waals surface area contributed by atoms with Crippen LogP contribution in [-0.4, -0.2) is 0 Å². The van der Waals surface area contributed by atoms with Crippen LogP contribution < -0.4 is 5.32 Å². The van der Waals surface area contributed by atoms with Gasteiger partial charge in [0.1, 0.15) is 0 Å². The highest BCUT2D eigenvalue weighted by Crippen LogP contribution is 2.23. The highest BCUT2D eigenvalue weighted by atomic mass is 35.5. The molecule has 0 aliphatic heterocycles. The van der Waals surface area contributed by atoms with Crippen LogP contribution in [0.3, 0.4) is 0 Å². The number of halogens is 3. The molecule has 0 aliphatic rings. The van der Waals surface area contributed by atoms with E-state index in [1.165, 1.54) is 6.07 Å². The molecule has 106 valence electrons. The second kappa shape index (κ2) is 6.33. The van der Waals surface area contributed by atoms with Crippen molar-refractivity contribution in [2.24, 2.45) is 0 Å². The molecule has 0 saturated carbocycles. The van der Waals surface area contributed by atoms with Crippen LogP contribution in [0.15, 0.2) is 42.5 Å². The van der Waals surface area contributed by atoms with Gasteiger partial charge >= 0.3 is 0 Å². The van der Waals surface area contributed by atoms with Crippen molar-refractivity contribution in [3.63, 3.8) is 0 Å². The topological polar surface area (TPSA) is 12.0 Å². The fourth-order valence-corrected chi connectivity index (χ4v) is 2.29. The predicted molar refractivity (Wildman–Crippen MR) is 77.8 cm³/mol. The first kappa shape index (κ1) is 14.9. The van der Waals surface area contributed by atoms with Gasteiger partial charge in [-0.25, -0.2) is 8.78 Å². The molecule has 0 radical (unpaired) electrons. The summed E-state index contributed by atoms with van der Waals surface area (Å²) >= 11 is 5.84. The zero-order valence-electron chi connectivity index (χ0n) is 11.3. The molecule has 2 aromatic rings. The normalized spacial score (nSPS) is 14.1. The third-order valence-electron chi connectivity index (χ3n) is 3.32. The Kier molecular flexibility index (Phi) is 4.73. The molecule has 0 fully saturated rings. The van der Waals surface area contributed by atoms with Crippen LogP contribution in [0.5, 0.6) is 0 Å². The number of hydrogen-bond acceptors (Lipinski definition) is 1. The van der Waals surface area contributed by atoms with Gasteiger partial charge in [-0.15, -0.1) is 0 Å². The van der Waals surface area contributed by atoms with E-state index in [1.54, 1.807) is 6.07 Å². The Hall–Kier alpha value is -1.45. The van der Waals surface area contributed by atoms with Gasteiger partial charge in [-0.2, -0.15) is 0 Å². The summed E-state index contributed by atoms with van der Waals surface area (Å²) in [4.78, 5) is 0. The summed E-state index contributed by atoms with van der Waals surface area (Å²) in [6.07, 6.45) is 0. The Bertz CT molecular complexity index is 584. The van der Waals surface area contributed by atoms with Gasteiger partial charge in [0.25, 0.3) is 0 Å². The number of nitrogens with one attached hydrogen (secondary N) is 1. The van der Waals surface area contributed by atoms with E-state index in [2.05, 4.69) is 5.32 Å². The van der Waals surface area contributed by atoms with Gasteiger partial charge in [0.15, 0.2) is 11.6 Å². The molecular weight excluding hydrogens is 280 g/mol. The zero-order valence-corrected chi connectivity index (χ0v) is 12.1. The fourth-order valence-electron chi connectivity index (χ4n) is 2.17. The highest BCUT2D eigenvalue weighted by molar-refractivity contribution is 6.30. The van der Waals surface area contributed by atoms with E-state index in [-0.39, 0.29) is 12.1 Å². The minimum Gasteiger partial charge on any atom is -0.304 e.